The number of nitrogens with zero attached hydrogens (tertiary/aromatic N) is 2. The van der Waals surface area contributed by atoms with Crippen molar-refractivity contribution in [3.63, 3.8) is 0 Å². The SMILES string of the molecule is CCCNCC1CCN(c2cc(=O)[nH]c(C(C)C)n2)CC1. The second-order valence-electron chi connectivity index (χ2n) is 6.28. The normalized spacial score (nSPS) is 16.7. The van der Waals surface area contributed by atoms with Gasteiger partial charge in [0.05, 0.1) is 0 Å². The molecule has 1 saturated heterocycles. The highest BCUT2D eigenvalue weighted by molar-refractivity contribution is 5.38. The average Bonchev–Trinajstić information content (AvgIpc) is 2.47. The Labute approximate surface area is 127 Å². The lowest BCUT2D eigenvalue weighted by Crippen LogP contribution is -2.38. The highest BCUT2D eigenvalue weighted by Crippen LogP contribution is 2.21. The van der Waals surface area contributed by atoms with Crippen LogP contribution in [0, 0.1) is 5.92 Å². The van der Waals surface area contributed by atoms with Crippen molar-refractivity contribution < 1.29 is 0 Å². The largest absolute Gasteiger partial charge is 0.356 e. The number of H-pyrrole nitrogens is 1. The first kappa shape index (κ1) is 16.0. The number of piperidine rings is 1. The standard InChI is InChI=1S/C16H28N4O/c1-4-7-17-11-13-5-8-20(9-6-13)14-10-15(21)19-16(18-14)12(2)3/h10,12-13,17H,4-9,11H2,1-3H3,(H,18,19,21). The van der Waals surface area contributed by atoms with Crippen molar-refractivity contribution in [1.82, 2.24) is 15.3 Å². The first-order chi connectivity index (χ1) is 10.1. The van der Waals surface area contributed by atoms with Gasteiger partial charge in [-0.15, -0.1) is 0 Å². The summed E-state index contributed by atoms with van der Waals surface area (Å²) in [6.07, 6.45) is 3.53. The van der Waals surface area contributed by atoms with Crippen LogP contribution < -0.4 is 15.8 Å². The third-order valence-corrected chi connectivity index (χ3v) is 4.09. The van der Waals surface area contributed by atoms with Crippen molar-refractivity contribution in [3.05, 3.63) is 22.2 Å². The van der Waals surface area contributed by atoms with Gasteiger partial charge >= 0.3 is 0 Å². The number of nitrogens with one attached hydrogen (secondary N) is 2. The zero-order valence-corrected chi connectivity index (χ0v) is 13.5. The number of aromatic amines is 1. The van der Waals surface area contributed by atoms with Gasteiger partial charge in [-0.25, -0.2) is 4.98 Å². The molecule has 0 saturated carbocycles. The summed E-state index contributed by atoms with van der Waals surface area (Å²) >= 11 is 0. The van der Waals surface area contributed by atoms with Gasteiger partial charge in [-0.1, -0.05) is 20.8 Å². The Morgan fingerprint density at radius 3 is 2.76 bits per heavy atom. The molecular formula is C16H28N4O. The van der Waals surface area contributed by atoms with E-state index in [2.05, 4.69) is 27.1 Å². The summed E-state index contributed by atoms with van der Waals surface area (Å²) in [6.45, 7) is 10.5. The molecule has 118 valence electrons. The number of hydrogen-bond acceptors (Lipinski definition) is 4. The fourth-order valence-corrected chi connectivity index (χ4v) is 2.75. The molecule has 1 aliphatic heterocycles. The quantitative estimate of drug-likeness (QED) is 0.788. The minimum atomic E-state index is -0.0459. The molecule has 0 bridgehead atoms. The number of anilines is 1. The third kappa shape index (κ3) is 4.56. The fourth-order valence-electron chi connectivity index (χ4n) is 2.75. The van der Waals surface area contributed by atoms with Crippen molar-refractivity contribution >= 4 is 5.82 Å². The number of aromatic nitrogens is 2. The van der Waals surface area contributed by atoms with Crippen LogP contribution in [0.15, 0.2) is 10.9 Å². The van der Waals surface area contributed by atoms with E-state index in [-0.39, 0.29) is 11.5 Å². The molecule has 2 N–H and O–H groups in total. The topological polar surface area (TPSA) is 61.0 Å². The molecule has 5 heteroatoms. The summed E-state index contributed by atoms with van der Waals surface area (Å²) in [6, 6.07) is 1.63. The highest BCUT2D eigenvalue weighted by Gasteiger charge is 2.20. The zero-order valence-electron chi connectivity index (χ0n) is 13.5. The molecule has 1 aromatic heterocycles. The first-order valence-electron chi connectivity index (χ1n) is 8.17. The van der Waals surface area contributed by atoms with Gasteiger partial charge in [0.2, 0.25) is 0 Å². The molecule has 2 rings (SSSR count). The summed E-state index contributed by atoms with van der Waals surface area (Å²) in [7, 11) is 0. The maximum atomic E-state index is 11.8. The summed E-state index contributed by atoms with van der Waals surface area (Å²) in [4.78, 5) is 21.5. The van der Waals surface area contributed by atoms with Crippen molar-refractivity contribution in [2.45, 2.75) is 46.0 Å². The van der Waals surface area contributed by atoms with Crippen molar-refractivity contribution in [3.8, 4) is 0 Å². The Hall–Kier alpha value is -1.36. The maximum Gasteiger partial charge on any atom is 0.252 e. The minimum Gasteiger partial charge on any atom is -0.356 e. The molecule has 0 radical (unpaired) electrons. The van der Waals surface area contributed by atoms with Gasteiger partial charge in [-0.05, 0) is 38.3 Å². The molecule has 0 spiro atoms. The van der Waals surface area contributed by atoms with E-state index < -0.39 is 0 Å². The second-order valence-corrected chi connectivity index (χ2v) is 6.28. The van der Waals surface area contributed by atoms with Crippen LogP contribution >= 0.6 is 0 Å². The van der Waals surface area contributed by atoms with Crippen LogP contribution in [-0.2, 0) is 0 Å². The molecule has 0 aromatic carbocycles. The number of hydrogen-bond donors (Lipinski definition) is 2. The van der Waals surface area contributed by atoms with E-state index in [1.807, 2.05) is 13.8 Å². The molecular weight excluding hydrogens is 264 g/mol. The van der Waals surface area contributed by atoms with Gasteiger partial charge in [-0.3, -0.25) is 4.79 Å². The Kier molecular flexibility index (Phi) is 5.79. The maximum absolute atomic E-state index is 11.8. The van der Waals surface area contributed by atoms with Crippen LogP contribution in [0.5, 0.6) is 0 Å². The van der Waals surface area contributed by atoms with E-state index in [9.17, 15) is 4.79 Å². The van der Waals surface area contributed by atoms with Crippen LogP contribution in [-0.4, -0.2) is 36.1 Å². The van der Waals surface area contributed by atoms with E-state index in [0.29, 0.717) is 0 Å². The Balaban J connectivity index is 1.94. The molecule has 0 atom stereocenters. The Bertz CT molecular complexity index is 489. The summed E-state index contributed by atoms with van der Waals surface area (Å²) in [5.41, 5.74) is -0.0459. The van der Waals surface area contributed by atoms with Gasteiger partial charge in [0, 0.05) is 25.1 Å². The third-order valence-electron chi connectivity index (χ3n) is 4.09. The summed E-state index contributed by atoms with van der Waals surface area (Å²) in [5.74, 6) is 2.61. The predicted molar refractivity (Wildman–Crippen MR) is 87.0 cm³/mol. The summed E-state index contributed by atoms with van der Waals surface area (Å²) < 4.78 is 0. The van der Waals surface area contributed by atoms with Crippen LogP contribution in [0.25, 0.3) is 0 Å². The molecule has 0 aliphatic carbocycles. The minimum absolute atomic E-state index is 0.0459. The van der Waals surface area contributed by atoms with Gasteiger partial charge in [0.25, 0.3) is 5.56 Å². The van der Waals surface area contributed by atoms with Crippen molar-refractivity contribution in [2.75, 3.05) is 31.1 Å². The van der Waals surface area contributed by atoms with E-state index >= 15 is 0 Å². The van der Waals surface area contributed by atoms with Gasteiger partial charge in [0.1, 0.15) is 11.6 Å². The lowest BCUT2D eigenvalue weighted by molar-refractivity contribution is 0.382. The van der Waals surface area contributed by atoms with Crippen molar-refractivity contribution in [1.29, 1.82) is 0 Å². The molecule has 2 heterocycles. The van der Waals surface area contributed by atoms with E-state index in [1.165, 1.54) is 19.3 Å². The van der Waals surface area contributed by atoms with Crippen LogP contribution in [0.3, 0.4) is 0 Å². The Morgan fingerprint density at radius 1 is 1.43 bits per heavy atom. The van der Waals surface area contributed by atoms with E-state index in [4.69, 9.17) is 0 Å². The van der Waals surface area contributed by atoms with Crippen molar-refractivity contribution in [2.24, 2.45) is 5.92 Å². The average molecular weight is 292 g/mol. The van der Waals surface area contributed by atoms with Crippen LogP contribution in [0.2, 0.25) is 0 Å². The van der Waals surface area contributed by atoms with Crippen LogP contribution in [0.1, 0.15) is 51.8 Å². The summed E-state index contributed by atoms with van der Waals surface area (Å²) in [5, 5.41) is 3.50. The zero-order chi connectivity index (χ0) is 15.2. The fraction of sp³-hybridized carbons (Fsp3) is 0.750. The van der Waals surface area contributed by atoms with E-state index in [1.54, 1.807) is 6.07 Å². The molecule has 0 unspecified atom stereocenters. The second kappa shape index (κ2) is 7.59. The monoisotopic (exact) mass is 292 g/mol. The molecule has 21 heavy (non-hydrogen) atoms. The van der Waals surface area contributed by atoms with E-state index in [0.717, 1.165) is 43.7 Å². The molecule has 5 nitrogen and oxygen atoms in total. The van der Waals surface area contributed by atoms with Gasteiger partial charge in [-0.2, -0.15) is 0 Å². The molecule has 1 aliphatic rings. The highest BCUT2D eigenvalue weighted by atomic mass is 16.1. The van der Waals surface area contributed by atoms with Crippen LogP contribution in [0.4, 0.5) is 5.82 Å². The first-order valence-corrected chi connectivity index (χ1v) is 8.17. The number of rotatable bonds is 6. The lowest BCUT2D eigenvalue weighted by Gasteiger charge is -2.33. The van der Waals surface area contributed by atoms with Gasteiger partial charge in [0.15, 0.2) is 0 Å². The lowest BCUT2D eigenvalue weighted by atomic mass is 9.97. The molecule has 0 amide bonds. The molecule has 1 fully saturated rings. The smallest absolute Gasteiger partial charge is 0.252 e. The van der Waals surface area contributed by atoms with Gasteiger partial charge < -0.3 is 15.2 Å². The predicted octanol–water partition coefficient (Wildman–Crippen LogP) is 2.11. The Morgan fingerprint density at radius 2 is 2.14 bits per heavy atom. The molecule has 1 aromatic rings.